The maximum Gasteiger partial charge on any atom is 0.164 e. The van der Waals surface area contributed by atoms with Crippen LogP contribution in [0.1, 0.15) is 42.5 Å². The molecule has 4 nitrogen and oxygen atoms in total. The fourth-order valence-corrected chi connectivity index (χ4v) is 4.07. The first-order valence-corrected chi connectivity index (χ1v) is 8.51. The van der Waals surface area contributed by atoms with Crippen LogP contribution in [0.5, 0.6) is 11.5 Å². The van der Waals surface area contributed by atoms with Crippen molar-refractivity contribution < 1.29 is 9.47 Å². The Bertz CT molecular complexity index is 540. The molecule has 1 atom stereocenters. The second kappa shape index (κ2) is 9.71. The summed E-state index contributed by atoms with van der Waals surface area (Å²) in [7, 11) is 3.49. The van der Waals surface area contributed by atoms with E-state index in [-0.39, 0.29) is 24.8 Å². The van der Waals surface area contributed by atoms with Gasteiger partial charge in [-0.05, 0) is 62.5 Å². The van der Waals surface area contributed by atoms with Crippen molar-refractivity contribution in [3.05, 3.63) is 22.8 Å². The zero-order valence-corrected chi connectivity index (χ0v) is 16.5. The lowest BCUT2D eigenvalue weighted by molar-refractivity contribution is 0.183. The number of hydrogen-bond donors (Lipinski definition) is 1. The zero-order chi connectivity index (χ0) is 15.5. The molecule has 1 unspecified atom stereocenters. The molecule has 0 aromatic heterocycles. The summed E-state index contributed by atoms with van der Waals surface area (Å²) in [6.45, 7) is 6.70. The maximum absolute atomic E-state index is 5.65. The fourth-order valence-electron chi connectivity index (χ4n) is 4.07. The molecule has 1 aromatic rings. The Kier molecular flexibility index (Phi) is 8.65. The molecule has 0 bridgehead atoms. The van der Waals surface area contributed by atoms with Gasteiger partial charge in [-0.2, -0.15) is 0 Å². The summed E-state index contributed by atoms with van der Waals surface area (Å²) < 4.78 is 11.2. The Labute approximate surface area is 158 Å². The predicted octanol–water partition coefficient (Wildman–Crippen LogP) is 3.39. The first-order chi connectivity index (χ1) is 10.8. The second-order valence-electron chi connectivity index (χ2n) is 6.21. The average molecular weight is 377 g/mol. The molecule has 1 aliphatic heterocycles. The number of nitrogens with zero attached hydrogens (tertiary/aromatic N) is 1. The monoisotopic (exact) mass is 376 g/mol. The molecule has 0 fully saturated rings. The SMILES string of the molecule is CCNCCCN1CCc2cc(OC)c(OC)c3c2C1CC3.Cl.Cl. The molecule has 0 saturated carbocycles. The van der Waals surface area contributed by atoms with Crippen LogP contribution in [-0.4, -0.2) is 45.3 Å². The molecule has 2 aliphatic rings. The molecular weight excluding hydrogens is 347 g/mol. The number of ether oxygens (including phenoxy) is 2. The smallest absolute Gasteiger partial charge is 0.164 e. The van der Waals surface area contributed by atoms with Crippen molar-refractivity contribution in [2.75, 3.05) is 40.4 Å². The van der Waals surface area contributed by atoms with Crippen LogP contribution in [0.3, 0.4) is 0 Å². The Morgan fingerprint density at radius 3 is 2.67 bits per heavy atom. The van der Waals surface area contributed by atoms with E-state index in [4.69, 9.17) is 9.47 Å². The molecule has 1 aromatic carbocycles. The molecule has 0 amide bonds. The van der Waals surface area contributed by atoms with Crippen LogP contribution >= 0.6 is 24.8 Å². The Balaban J connectivity index is 0.00000144. The highest BCUT2D eigenvalue weighted by molar-refractivity contribution is 5.85. The second-order valence-corrected chi connectivity index (χ2v) is 6.21. The van der Waals surface area contributed by atoms with Gasteiger partial charge in [0, 0.05) is 18.2 Å². The van der Waals surface area contributed by atoms with Crippen molar-refractivity contribution in [2.45, 2.75) is 38.6 Å². The number of methoxy groups -OCH3 is 2. The Hall–Kier alpha value is -0.680. The van der Waals surface area contributed by atoms with E-state index in [0.29, 0.717) is 6.04 Å². The van der Waals surface area contributed by atoms with E-state index in [0.717, 1.165) is 37.4 Å². The van der Waals surface area contributed by atoms with E-state index in [1.165, 1.54) is 42.6 Å². The summed E-state index contributed by atoms with van der Waals surface area (Å²) in [5, 5.41) is 3.42. The van der Waals surface area contributed by atoms with Crippen LogP contribution in [0.4, 0.5) is 0 Å². The van der Waals surface area contributed by atoms with Crippen LogP contribution < -0.4 is 14.8 Å². The Morgan fingerprint density at radius 2 is 2.00 bits per heavy atom. The summed E-state index contributed by atoms with van der Waals surface area (Å²) >= 11 is 0. The molecule has 1 aliphatic carbocycles. The van der Waals surface area contributed by atoms with Crippen LogP contribution in [0, 0.1) is 0 Å². The van der Waals surface area contributed by atoms with Gasteiger partial charge < -0.3 is 14.8 Å². The molecule has 0 saturated heterocycles. The first-order valence-electron chi connectivity index (χ1n) is 8.51. The van der Waals surface area contributed by atoms with Crippen molar-refractivity contribution in [3.8, 4) is 11.5 Å². The predicted molar refractivity (Wildman–Crippen MR) is 104 cm³/mol. The highest BCUT2D eigenvalue weighted by atomic mass is 35.5. The van der Waals surface area contributed by atoms with E-state index in [9.17, 15) is 0 Å². The number of nitrogens with one attached hydrogen (secondary N) is 1. The molecule has 0 spiro atoms. The third-order valence-electron chi connectivity index (χ3n) is 5.06. The van der Waals surface area contributed by atoms with Gasteiger partial charge in [-0.15, -0.1) is 24.8 Å². The van der Waals surface area contributed by atoms with E-state index < -0.39 is 0 Å². The van der Waals surface area contributed by atoms with Gasteiger partial charge in [-0.3, -0.25) is 4.90 Å². The van der Waals surface area contributed by atoms with Crippen LogP contribution in [0.2, 0.25) is 0 Å². The van der Waals surface area contributed by atoms with Gasteiger partial charge in [0.1, 0.15) is 0 Å². The number of benzene rings is 1. The van der Waals surface area contributed by atoms with Crippen LogP contribution in [-0.2, 0) is 12.8 Å². The number of halogens is 2. The fraction of sp³-hybridized carbons (Fsp3) is 0.667. The minimum atomic E-state index is 0. The van der Waals surface area contributed by atoms with Gasteiger partial charge in [0.2, 0.25) is 0 Å². The minimum absolute atomic E-state index is 0. The lowest BCUT2D eigenvalue weighted by Crippen LogP contribution is -2.36. The van der Waals surface area contributed by atoms with Crippen molar-refractivity contribution in [2.24, 2.45) is 0 Å². The highest BCUT2D eigenvalue weighted by Gasteiger charge is 2.36. The quantitative estimate of drug-likeness (QED) is 0.739. The summed E-state index contributed by atoms with van der Waals surface area (Å²) in [4.78, 5) is 2.67. The lowest BCUT2D eigenvalue weighted by Gasteiger charge is -2.35. The topological polar surface area (TPSA) is 33.7 Å². The van der Waals surface area contributed by atoms with Crippen LogP contribution in [0.15, 0.2) is 6.07 Å². The summed E-state index contributed by atoms with van der Waals surface area (Å²) in [6.07, 6.45) is 4.67. The van der Waals surface area contributed by atoms with E-state index in [2.05, 4.69) is 23.2 Å². The van der Waals surface area contributed by atoms with Gasteiger partial charge in [0.25, 0.3) is 0 Å². The van der Waals surface area contributed by atoms with E-state index in [1.807, 2.05) is 0 Å². The first kappa shape index (κ1) is 21.4. The molecule has 1 heterocycles. The molecule has 3 rings (SSSR count). The highest BCUT2D eigenvalue weighted by Crippen LogP contribution is 2.48. The van der Waals surface area contributed by atoms with Gasteiger partial charge >= 0.3 is 0 Å². The number of hydrogen-bond acceptors (Lipinski definition) is 4. The van der Waals surface area contributed by atoms with Gasteiger partial charge in [0.15, 0.2) is 11.5 Å². The standard InChI is InChI=1S/C18H28N2O2.2ClH/c1-4-19-9-5-10-20-11-8-13-12-16(21-2)18(22-3)14-6-7-15(20)17(13)14;;/h12,15,19H,4-11H2,1-3H3;2*1H. The molecule has 6 heteroatoms. The third-order valence-corrected chi connectivity index (χ3v) is 5.06. The third kappa shape index (κ3) is 3.93. The van der Waals surface area contributed by atoms with Crippen molar-refractivity contribution in [1.29, 1.82) is 0 Å². The molecule has 24 heavy (non-hydrogen) atoms. The summed E-state index contributed by atoms with van der Waals surface area (Å²) in [6, 6.07) is 2.78. The average Bonchev–Trinajstić information content (AvgIpc) is 2.99. The largest absolute Gasteiger partial charge is 0.493 e. The molecule has 138 valence electrons. The lowest BCUT2D eigenvalue weighted by atomic mass is 9.92. The Morgan fingerprint density at radius 1 is 1.21 bits per heavy atom. The van der Waals surface area contributed by atoms with E-state index >= 15 is 0 Å². The zero-order valence-electron chi connectivity index (χ0n) is 14.9. The van der Waals surface area contributed by atoms with Crippen LogP contribution in [0.25, 0.3) is 0 Å². The summed E-state index contributed by atoms with van der Waals surface area (Å²) in [5.74, 6) is 1.86. The molecule has 0 radical (unpaired) electrons. The molecular formula is C18H30Cl2N2O2. The van der Waals surface area contributed by atoms with E-state index in [1.54, 1.807) is 14.2 Å². The van der Waals surface area contributed by atoms with Crippen molar-refractivity contribution in [3.63, 3.8) is 0 Å². The van der Waals surface area contributed by atoms with Crippen molar-refractivity contribution >= 4 is 24.8 Å². The van der Waals surface area contributed by atoms with Gasteiger partial charge in [0.05, 0.1) is 14.2 Å². The van der Waals surface area contributed by atoms with Gasteiger partial charge in [-0.1, -0.05) is 6.92 Å². The minimum Gasteiger partial charge on any atom is -0.493 e. The van der Waals surface area contributed by atoms with Gasteiger partial charge in [-0.25, -0.2) is 0 Å². The van der Waals surface area contributed by atoms with Crippen molar-refractivity contribution in [1.82, 2.24) is 10.2 Å². The normalized spacial score (nSPS) is 18.4. The maximum atomic E-state index is 5.65. The molecule has 1 N–H and O–H groups in total. The number of rotatable bonds is 7. The summed E-state index contributed by atoms with van der Waals surface area (Å²) in [5.41, 5.74) is 4.39.